The van der Waals surface area contributed by atoms with Gasteiger partial charge in [0, 0.05) is 44.2 Å². The summed E-state index contributed by atoms with van der Waals surface area (Å²) in [6, 6.07) is 13.2. The summed E-state index contributed by atoms with van der Waals surface area (Å²) in [6.45, 7) is 5.38. The Kier molecular flexibility index (Phi) is 7.07. The van der Waals surface area contributed by atoms with Gasteiger partial charge < -0.3 is 9.80 Å². The first-order valence-corrected chi connectivity index (χ1v) is 15.4. The van der Waals surface area contributed by atoms with Gasteiger partial charge in [0.2, 0.25) is 15.9 Å². The molecule has 1 aromatic heterocycles. The van der Waals surface area contributed by atoms with Gasteiger partial charge >= 0.3 is 0 Å². The van der Waals surface area contributed by atoms with E-state index in [9.17, 15) is 13.2 Å². The van der Waals surface area contributed by atoms with E-state index in [1.165, 1.54) is 13.9 Å². The van der Waals surface area contributed by atoms with E-state index >= 15 is 0 Å². The molecule has 0 radical (unpaired) electrons. The molecule has 2 fully saturated rings. The topological polar surface area (TPSA) is 73.8 Å². The van der Waals surface area contributed by atoms with E-state index in [2.05, 4.69) is 29.4 Å². The van der Waals surface area contributed by atoms with Crippen LogP contribution in [0.5, 0.6) is 0 Å². The van der Waals surface area contributed by atoms with Crippen LogP contribution in [-0.2, 0) is 14.8 Å². The lowest BCUT2D eigenvalue weighted by atomic mass is 9.98. The Balaban J connectivity index is 1.22. The molecule has 0 aliphatic carbocycles. The fraction of sp³-hybridized carbons (Fsp3) is 0.440. The average Bonchev–Trinajstić information content (AvgIpc) is 3.33. The minimum atomic E-state index is -3.59. The minimum absolute atomic E-state index is 0.0717. The number of fused-ring (bicyclic) bond motifs is 1. The number of benzene rings is 2. The summed E-state index contributed by atoms with van der Waals surface area (Å²) in [6.07, 6.45) is 3.50. The number of hydrogen-bond acceptors (Lipinski definition) is 7. The molecule has 2 saturated heterocycles. The van der Waals surface area contributed by atoms with Crippen molar-refractivity contribution in [2.75, 3.05) is 50.4 Å². The molecular formula is C25H30N4O3S3. The molecular weight excluding hydrogens is 501 g/mol. The van der Waals surface area contributed by atoms with Crippen molar-refractivity contribution < 1.29 is 13.2 Å². The lowest BCUT2D eigenvalue weighted by Gasteiger charge is -2.38. The number of thiazole rings is 1. The van der Waals surface area contributed by atoms with Crippen LogP contribution in [0.15, 0.2) is 52.3 Å². The van der Waals surface area contributed by atoms with Gasteiger partial charge in [-0.2, -0.15) is 4.31 Å². The van der Waals surface area contributed by atoms with E-state index in [1.807, 2.05) is 24.0 Å². The molecule has 0 spiro atoms. The smallest absolute Gasteiger partial charge is 0.243 e. The summed E-state index contributed by atoms with van der Waals surface area (Å²) in [5, 5.41) is 1.00. The van der Waals surface area contributed by atoms with Crippen LogP contribution in [-0.4, -0.2) is 74.0 Å². The monoisotopic (exact) mass is 530 g/mol. The third kappa shape index (κ3) is 4.94. The molecule has 7 nitrogen and oxygen atoms in total. The Hall–Kier alpha value is -2.14. The van der Waals surface area contributed by atoms with Crippen LogP contribution in [0.25, 0.3) is 10.2 Å². The van der Waals surface area contributed by atoms with Gasteiger partial charge in [0.05, 0.1) is 21.0 Å². The maximum absolute atomic E-state index is 13.3. The van der Waals surface area contributed by atoms with Gasteiger partial charge in [-0.1, -0.05) is 35.1 Å². The van der Waals surface area contributed by atoms with Gasteiger partial charge in [0.25, 0.3) is 0 Å². The van der Waals surface area contributed by atoms with Crippen LogP contribution in [0, 0.1) is 12.8 Å². The minimum Gasteiger partial charge on any atom is -0.345 e. The standard InChI is InChI=1S/C25H30N4O3S3/c1-18-8-10-20(11-9-18)35(31,32)29-12-4-5-19(17-29)24(30)27-13-15-28(16-14-27)25-26-23-21(33-2)6-3-7-22(23)34-25/h3,6-11,19H,4-5,12-17H2,1-2H3. The molecule has 186 valence electrons. The number of para-hydroxylation sites is 1. The lowest BCUT2D eigenvalue weighted by molar-refractivity contribution is -0.137. The quantitative estimate of drug-likeness (QED) is 0.463. The van der Waals surface area contributed by atoms with E-state index in [1.54, 1.807) is 35.2 Å². The van der Waals surface area contributed by atoms with E-state index in [-0.39, 0.29) is 18.4 Å². The number of rotatable bonds is 5. The van der Waals surface area contributed by atoms with Crippen LogP contribution in [0.1, 0.15) is 18.4 Å². The van der Waals surface area contributed by atoms with E-state index < -0.39 is 10.0 Å². The normalized spacial score (nSPS) is 19.9. The zero-order chi connectivity index (χ0) is 24.6. The van der Waals surface area contributed by atoms with Gasteiger partial charge in [-0.15, -0.1) is 11.8 Å². The number of thioether (sulfide) groups is 1. The van der Waals surface area contributed by atoms with Crippen LogP contribution >= 0.6 is 23.1 Å². The number of carbonyl (C=O) groups is 1. The van der Waals surface area contributed by atoms with Crippen molar-refractivity contribution in [3.05, 3.63) is 48.0 Å². The molecule has 0 bridgehead atoms. The molecule has 10 heteroatoms. The van der Waals surface area contributed by atoms with Gasteiger partial charge in [0.15, 0.2) is 5.13 Å². The van der Waals surface area contributed by atoms with Gasteiger partial charge in [0.1, 0.15) is 0 Å². The maximum Gasteiger partial charge on any atom is 0.243 e. The summed E-state index contributed by atoms with van der Waals surface area (Å²) >= 11 is 3.40. The van der Waals surface area contributed by atoms with Crippen molar-refractivity contribution in [3.63, 3.8) is 0 Å². The molecule has 2 aromatic carbocycles. The molecule has 0 N–H and O–H groups in total. The Bertz CT molecular complexity index is 1320. The Morgan fingerprint density at radius 2 is 1.80 bits per heavy atom. The Labute approximate surface area is 215 Å². The third-order valence-corrected chi connectivity index (χ3v) is 10.6. The van der Waals surface area contributed by atoms with Crippen molar-refractivity contribution in [3.8, 4) is 0 Å². The molecule has 5 rings (SSSR count). The van der Waals surface area contributed by atoms with Crippen molar-refractivity contribution >= 4 is 54.4 Å². The van der Waals surface area contributed by atoms with Crippen LogP contribution in [0.3, 0.4) is 0 Å². The van der Waals surface area contributed by atoms with Crippen molar-refractivity contribution in [1.82, 2.24) is 14.2 Å². The summed E-state index contributed by atoms with van der Waals surface area (Å²) in [7, 11) is -3.59. The molecule has 35 heavy (non-hydrogen) atoms. The Morgan fingerprint density at radius 1 is 1.06 bits per heavy atom. The highest BCUT2D eigenvalue weighted by molar-refractivity contribution is 7.98. The van der Waals surface area contributed by atoms with Crippen LogP contribution in [0.4, 0.5) is 5.13 Å². The number of aryl methyl sites for hydroxylation is 1. The lowest BCUT2D eigenvalue weighted by Crippen LogP contribution is -2.53. The number of nitrogens with zero attached hydrogens (tertiary/aromatic N) is 4. The fourth-order valence-electron chi connectivity index (χ4n) is 4.81. The number of piperazine rings is 1. The first kappa shape index (κ1) is 24.5. The van der Waals surface area contributed by atoms with Gasteiger partial charge in [-0.05, 0) is 50.3 Å². The highest BCUT2D eigenvalue weighted by Gasteiger charge is 2.36. The molecule has 2 aliphatic heterocycles. The molecule has 3 heterocycles. The summed E-state index contributed by atoms with van der Waals surface area (Å²) < 4.78 is 29.0. The fourth-order valence-corrected chi connectivity index (χ4v) is 8.01. The molecule has 1 atom stereocenters. The van der Waals surface area contributed by atoms with E-state index in [0.29, 0.717) is 31.0 Å². The number of carbonyl (C=O) groups excluding carboxylic acids is 1. The zero-order valence-corrected chi connectivity index (χ0v) is 22.5. The maximum atomic E-state index is 13.3. The molecule has 2 aliphatic rings. The third-order valence-electron chi connectivity index (χ3n) is 6.84. The van der Waals surface area contributed by atoms with E-state index in [0.717, 1.165) is 35.7 Å². The average molecular weight is 531 g/mol. The number of piperidine rings is 1. The van der Waals surface area contributed by atoms with Crippen molar-refractivity contribution in [2.24, 2.45) is 5.92 Å². The number of anilines is 1. The van der Waals surface area contributed by atoms with E-state index in [4.69, 9.17) is 4.98 Å². The SMILES string of the molecule is CSc1cccc2sc(N3CCN(C(=O)C4CCCN(S(=O)(=O)c5ccc(C)cc5)C4)CC3)nc12. The summed E-state index contributed by atoms with van der Waals surface area (Å²) in [4.78, 5) is 23.9. The second kappa shape index (κ2) is 10.1. The second-order valence-corrected chi connectivity index (χ2v) is 12.9. The first-order valence-electron chi connectivity index (χ1n) is 11.9. The highest BCUT2D eigenvalue weighted by atomic mass is 32.2. The highest BCUT2D eigenvalue weighted by Crippen LogP contribution is 2.34. The number of hydrogen-bond donors (Lipinski definition) is 0. The predicted octanol–water partition coefficient (Wildman–Crippen LogP) is 4.08. The molecule has 1 amide bonds. The molecule has 1 unspecified atom stereocenters. The Morgan fingerprint density at radius 3 is 2.51 bits per heavy atom. The van der Waals surface area contributed by atoms with Gasteiger partial charge in [-0.25, -0.2) is 13.4 Å². The van der Waals surface area contributed by atoms with Crippen molar-refractivity contribution in [1.29, 1.82) is 0 Å². The number of aromatic nitrogens is 1. The summed E-state index contributed by atoms with van der Waals surface area (Å²) in [5.74, 6) is -0.218. The van der Waals surface area contributed by atoms with Crippen LogP contribution in [0.2, 0.25) is 0 Å². The predicted molar refractivity (Wildman–Crippen MR) is 143 cm³/mol. The largest absolute Gasteiger partial charge is 0.345 e. The zero-order valence-electron chi connectivity index (χ0n) is 20.0. The van der Waals surface area contributed by atoms with Gasteiger partial charge in [-0.3, -0.25) is 4.79 Å². The van der Waals surface area contributed by atoms with Crippen molar-refractivity contribution in [2.45, 2.75) is 29.6 Å². The molecule has 0 saturated carbocycles. The molecule has 3 aromatic rings. The van der Waals surface area contributed by atoms with Crippen LogP contribution < -0.4 is 4.90 Å². The second-order valence-electron chi connectivity index (χ2n) is 9.13. The number of sulfonamides is 1. The summed E-state index contributed by atoms with van der Waals surface area (Å²) in [5.41, 5.74) is 2.07. The number of amides is 1. The first-order chi connectivity index (χ1) is 16.9.